The molecular weight excluding hydrogens is 152 g/mol. The van der Waals surface area contributed by atoms with Crippen LogP contribution in [0.2, 0.25) is 0 Å². The molecule has 0 unspecified atom stereocenters. The zero-order valence-electron chi connectivity index (χ0n) is 6.25. The first kappa shape index (κ1) is 6.84. The molecule has 0 saturated carbocycles. The minimum Gasteiger partial charge on any atom is -0.245 e. The van der Waals surface area contributed by atoms with Crippen LogP contribution in [0.4, 0.5) is 0 Å². The lowest BCUT2D eigenvalue weighted by Crippen LogP contribution is -1.88. The van der Waals surface area contributed by atoms with Crippen molar-refractivity contribution < 1.29 is 0 Å². The molecule has 2 aromatic rings. The third-order valence-corrected chi connectivity index (χ3v) is 1.42. The molecule has 0 amide bonds. The van der Waals surface area contributed by atoms with E-state index in [-0.39, 0.29) is 0 Å². The first-order valence-electron chi connectivity index (χ1n) is 3.51. The monoisotopic (exact) mass is 158 g/mol. The first-order valence-corrected chi connectivity index (χ1v) is 3.51. The molecule has 0 bridgehead atoms. The van der Waals surface area contributed by atoms with Crippen LogP contribution < -0.4 is 0 Å². The van der Waals surface area contributed by atoms with Gasteiger partial charge in [0, 0.05) is 12.4 Å². The lowest BCUT2D eigenvalue weighted by atomic mass is 10.3. The van der Waals surface area contributed by atoms with Gasteiger partial charge in [-0.2, -0.15) is 5.10 Å². The Kier molecular flexibility index (Phi) is 1.74. The molecular formula is C8H6N4. The SMILES string of the molecule is c1cnnc(-c2ccncn2)c1. The third kappa shape index (κ3) is 1.27. The number of hydrogen-bond acceptors (Lipinski definition) is 4. The van der Waals surface area contributed by atoms with Gasteiger partial charge in [-0.15, -0.1) is 5.10 Å². The fourth-order valence-corrected chi connectivity index (χ4v) is 0.880. The number of aromatic nitrogens is 4. The van der Waals surface area contributed by atoms with Gasteiger partial charge in [-0.25, -0.2) is 9.97 Å². The molecule has 2 rings (SSSR count). The summed E-state index contributed by atoms with van der Waals surface area (Å²) in [5, 5.41) is 7.66. The van der Waals surface area contributed by atoms with Gasteiger partial charge < -0.3 is 0 Å². The zero-order valence-corrected chi connectivity index (χ0v) is 6.25. The van der Waals surface area contributed by atoms with Crippen LogP contribution in [0.1, 0.15) is 0 Å². The van der Waals surface area contributed by atoms with E-state index in [0.717, 1.165) is 11.4 Å². The van der Waals surface area contributed by atoms with E-state index in [1.165, 1.54) is 6.33 Å². The van der Waals surface area contributed by atoms with Crippen molar-refractivity contribution in [2.75, 3.05) is 0 Å². The maximum absolute atomic E-state index is 4.04. The van der Waals surface area contributed by atoms with E-state index in [9.17, 15) is 0 Å². The lowest BCUT2D eigenvalue weighted by Gasteiger charge is -1.94. The Balaban J connectivity index is 2.46. The van der Waals surface area contributed by atoms with Gasteiger partial charge in [0.2, 0.25) is 0 Å². The van der Waals surface area contributed by atoms with Crippen molar-refractivity contribution in [2.45, 2.75) is 0 Å². The molecule has 0 fully saturated rings. The van der Waals surface area contributed by atoms with E-state index in [0.29, 0.717) is 0 Å². The molecule has 0 aliphatic rings. The summed E-state index contributed by atoms with van der Waals surface area (Å²) in [6.45, 7) is 0. The largest absolute Gasteiger partial charge is 0.245 e. The molecule has 2 aromatic heterocycles. The molecule has 0 atom stereocenters. The number of hydrogen-bond donors (Lipinski definition) is 0. The Morgan fingerprint density at radius 3 is 2.67 bits per heavy atom. The highest BCUT2D eigenvalue weighted by molar-refractivity contribution is 5.51. The second kappa shape index (κ2) is 3.04. The van der Waals surface area contributed by atoms with Crippen LogP contribution in [0.15, 0.2) is 36.9 Å². The van der Waals surface area contributed by atoms with Gasteiger partial charge in [-0.05, 0) is 18.2 Å². The topological polar surface area (TPSA) is 51.6 Å². The molecule has 12 heavy (non-hydrogen) atoms. The molecule has 0 aromatic carbocycles. The predicted molar refractivity (Wildman–Crippen MR) is 43.1 cm³/mol. The van der Waals surface area contributed by atoms with Crippen molar-refractivity contribution in [1.82, 2.24) is 20.2 Å². The summed E-state index contributed by atoms with van der Waals surface area (Å²) in [6, 6.07) is 5.48. The molecule has 2 heterocycles. The van der Waals surface area contributed by atoms with Gasteiger partial charge in [0.05, 0.1) is 5.69 Å². The lowest BCUT2D eigenvalue weighted by molar-refractivity contribution is 1.02. The number of rotatable bonds is 1. The van der Waals surface area contributed by atoms with Gasteiger partial charge in [0.25, 0.3) is 0 Å². The van der Waals surface area contributed by atoms with Crippen LogP contribution in [0, 0.1) is 0 Å². The predicted octanol–water partition coefficient (Wildman–Crippen LogP) is 0.934. The van der Waals surface area contributed by atoms with Crippen molar-refractivity contribution in [2.24, 2.45) is 0 Å². The second-order valence-electron chi connectivity index (χ2n) is 2.20. The standard InChI is InChI=1S/C8H6N4/c1-2-8(12-11-4-1)7-3-5-9-6-10-7/h1-6H. The average Bonchev–Trinajstić information content (AvgIpc) is 2.21. The van der Waals surface area contributed by atoms with Crippen LogP contribution in [0.3, 0.4) is 0 Å². The number of nitrogens with zero attached hydrogens (tertiary/aromatic N) is 4. The van der Waals surface area contributed by atoms with Crippen LogP contribution >= 0.6 is 0 Å². The highest BCUT2D eigenvalue weighted by atomic mass is 15.1. The summed E-state index contributed by atoms with van der Waals surface area (Å²) < 4.78 is 0. The fraction of sp³-hybridized carbons (Fsp3) is 0. The Bertz CT molecular complexity index is 308. The minimum atomic E-state index is 0.764. The molecule has 0 spiro atoms. The maximum Gasteiger partial charge on any atom is 0.116 e. The van der Waals surface area contributed by atoms with Crippen molar-refractivity contribution in [3.05, 3.63) is 36.9 Å². The van der Waals surface area contributed by atoms with Crippen molar-refractivity contribution in [3.63, 3.8) is 0 Å². The van der Waals surface area contributed by atoms with Gasteiger partial charge >= 0.3 is 0 Å². The molecule has 0 aliphatic heterocycles. The molecule has 4 heteroatoms. The molecule has 58 valence electrons. The highest BCUT2D eigenvalue weighted by Crippen LogP contribution is 2.09. The van der Waals surface area contributed by atoms with E-state index < -0.39 is 0 Å². The Morgan fingerprint density at radius 2 is 2.00 bits per heavy atom. The summed E-state index contributed by atoms with van der Waals surface area (Å²) in [6.07, 6.45) is 4.80. The fourth-order valence-electron chi connectivity index (χ4n) is 0.880. The Labute approximate surface area is 69.3 Å². The maximum atomic E-state index is 4.04. The smallest absolute Gasteiger partial charge is 0.116 e. The summed E-state index contributed by atoms with van der Waals surface area (Å²) in [5.41, 5.74) is 1.55. The van der Waals surface area contributed by atoms with Gasteiger partial charge in [-0.1, -0.05) is 0 Å². The quantitative estimate of drug-likeness (QED) is 0.619. The normalized spacial score (nSPS) is 9.67. The van der Waals surface area contributed by atoms with E-state index >= 15 is 0 Å². The van der Waals surface area contributed by atoms with Crippen LogP contribution in [0.5, 0.6) is 0 Å². The summed E-state index contributed by atoms with van der Waals surface area (Å²) >= 11 is 0. The van der Waals surface area contributed by atoms with Crippen molar-refractivity contribution >= 4 is 0 Å². The van der Waals surface area contributed by atoms with Gasteiger partial charge in [0.15, 0.2) is 0 Å². The molecule has 0 radical (unpaired) electrons. The third-order valence-electron chi connectivity index (χ3n) is 1.42. The van der Waals surface area contributed by atoms with E-state index in [4.69, 9.17) is 0 Å². The van der Waals surface area contributed by atoms with Gasteiger partial charge in [-0.3, -0.25) is 0 Å². The summed E-state index contributed by atoms with van der Waals surface area (Å²) in [7, 11) is 0. The van der Waals surface area contributed by atoms with Crippen LogP contribution in [0.25, 0.3) is 11.4 Å². The average molecular weight is 158 g/mol. The van der Waals surface area contributed by atoms with Crippen molar-refractivity contribution in [3.8, 4) is 11.4 Å². The molecule has 0 saturated heterocycles. The highest BCUT2D eigenvalue weighted by Gasteiger charge is 1.97. The zero-order chi connectivity index (χ0) is 8.23. The van der Waals surface area contributed by atoms with E-state index in [1.54, 1.807) is 18.5 Å². The van der Waals surface area contributed by atoms with Crippen LogP contribution in [-0.2, 0) is 0 Å². The van der Waals surface area contributed by atoms with Gasteiger partial charge in [0.1, 0.15) is 12.0 Å². The first-order chi connectivity index (χ1) is 5.97. The summed E-state index contributed by atoms with van der Waals surface area (Å²) in [4.78, 5) is 7.85. The second-order valence-corrected chi connectivity index (χ2v) is 2.20. The Hall–Kier alpha value is -1.84. The van der Waals surface area contributed by atoms with Crippen LogP contribution in [-0.4, -0.2) is 20.2 Å². The summed E-state index contributed by atoms with van der Waals surface area (Å²) in [5.74, 6) is 0. The van der Waals surface area contributed by atoms with Crippen molar-refractivity contribution in [1.29, 1.82) is 0 Å². The molecule has 0 N–H and O–H groups in total. The van der Waals surface area contributed by atoms with E-state index in [1.807, 2.05) is 12.1 Å². The molecule has 0 aliphatic carbocycles. The van der Waals surface area contributed by atoms with E-state index in [2.05, 4.69) is 20.2 Å². The Morgan fingerprint density at radius 1 is 1.00 bits per heavy atom. The minimum absolute atomic E-state index is 0.764. The molecule has 4 nitrogen and oxygen atoms in total.